The zero-order chi connectivity index (χ0) is 13.5. The molecule has 0 saturated heterocycles. The van der Waals surface area contributed by atoms with Crippen LogP contribution >= 0.6 is 0 Å². The Labute approximate surface area is 112 Å². The zero-order valence-electron chi connectivity index (χ0n) is 11.1. The van der Waals surface area contributed by atoms with Crippen LogP contribution in [-0.4, -0.2) is 9.55 Å². The molecule has 0 aliphatic heterocycles. The maximum atomic E-state index is 12.0. The Morgan fingerprint density at radius 1 is 1.26 bits per heavy atom. The maximum Gasteiger partial charge on any atom is 0.330 e. The monoisotopic (exact) mass is 257 g/mol. The Kier molecular flexibility index (Phi) is 2.82. The SMILES string of the molecule is Cc1c[nH]c(=O)n1-c1ccccc1C1(N)CCCC1. The first-order valence-corrected chi connectivity index (χ1v) is 6.78. The van der Waals surface area contributed by atoms with Crippen molar-refractivity contribution in [1.82, 2.24) is 9.55 Å². The van der Waals surface area contributed by atoms with Gasteiger partial charge in [-0.1, -0.05) is 31.0 Å². The van der Waals surface area contributed by atoms with Crippen molar-refractivity contribution >= 4 is 0 Å². The fourth-order valence-corrected chi connectivity index (χ4v) is 3.12. The van der Waals surface area contributed by atoms with Gasteiger partial charge in [0.2, 0.25) is 0 Å². The van der Waals surface area contributed by atoms with E-state index in [-0.39, 0.29) is 11.2 Å². The summed E-state index contributed by atoms with van der Waals surface area (Å²) in [6, 6.07) is 7.98. The fraction of sp³-hybridized carbons (Fsp3) is 0.400. The Morgan fingerprint density at radius 3 is 2.58 bits per heavy atom. The van der Waals surface area contributed by atoms with Crippen molar-refractivity contribution in [2.24, 2.45) is 5.73 Å². The molecular formula is C15H19N3O. The average molecular weight is 257 g/mol. The van der Waals surface area contributed by atoms with Gasteiger partial charge >= 0.3 is 5.69 Å². The molecule has 19 heavy (non-hydrogen) atoms. The van der Waals surface area contributed by atoms with E-state index in [1.165, 1.54) is 0 Å². The van der Waals surface area contributed by atoms with E-state index in [9.17, 15) is 4.79 Å². The molecule has 3 N–H and O–H groups in total. The highest BCUT2D eigenvalue weighted by Crippen LogP contribution is 2.38. The molecule has 1 heterocycles. The van der Waals surface area contributed by atoms with Crippen LogP contribution in [0.4, 0.5) is 0 Å². The van der Waals surface area contributed by atoms with Gasteiger partial charge in [-0.25, -0.2) is 4.79 Å². The smallest absolute Gasteiger partial charge is 0.321 e. The largest absolute Gasteiger partial charge is 0.330 e. The summed E-state index contributed by atoms with van der Waals surface area (Å²) in [5.41, 5.74) is 9.06. The predicted octanol–water partition coefficient (Wildman–Crippen LogP) is 2.20. The number of aryl methyl sites for hydroxylation is 1. The highest BCUT2D eigenvalue weighted by Gasteiger charge is 2.33. The van der Waals surface area contributed by atoms with Gasteiger partial charge in [0, 0.05) is 17.4 Å². The number of aromatic amines is 1. The first-order valence-electron chi connectivity index (χ1n) is 6.78. The summed E-state index contributed by atoms with van der Waals surface area (Å²) in [4.78, 5) is 14.7. The second-order valence-electron chi connectivity index (χ2n) is 5.45. The van der Waals surface area contributed by atoms with Crippen molar-refractivity contribution in [3.63, 3.8) is 0 Å². The number of nitrogens with one attached hydrogen (secondary N) is 1. The summed E-state index contributed by atoms with van der Waals surface area (Å²) in [6.45, 7) is 1.92. The lowest BCUT2D eigenvalue weighted by molar-refractivity contribution is 0.459. The van der Waals surface area contributed by atoms with Gasteiger partial charge in [-0.2, -0.15) is 0 Å². The Hall–Kier alpha value is -1.81. The van der Waals surface area contributed by atoms with Crippen LogP contribution < -0.4 is 11.4 Å². The van der Waals surface area contributed by atoms with Crippen molar-refractivity contribution < 1.29 is 0 Å². The van der Waals surface area contributed by atoms with Gasteiger partial charge in [-0.15, -0.1) is 0 Å². The molecule has 4 nitrogen and oxygen atoms in total. The van der Waals surface area contributed by atoms with Crippen molar-refractivity contribution in [3.05, 3.63) is 52.2 Å². The van der Waals surface area contributed by atoms with Gasteiger partial charge in [0.25, 0.3) is 0 Å². The van der Waals surface area contributed by atoms with Crippen LogP contribution in [0.1, 0.15) is 36.9 Å². The lowest BCUT2D eigenvalue weighted by Crippen LogP contribution is -2.35. The number of para-hydroxylation sites is 1. The van der Waals surface area contributed by atoms with Crippen molar-refractivity contribution in [1.29, 1.82) is 0 Å². The van der Waals surface area contributed by atoms with E-state index in [0.717, 1.165) is 42.6 Å². The molecule has 0 amide bonds. The van der Waals surface area contributed by atoms with Gasteiger partial charge in [-0.3, -0.25) is 4.57 Å². The van der Waals surface area contributed by atoms with Crippen LogP contribution in [0.3, 0.4) is 0 Å². The van der Waals surface area contributed by atoms with E-state index in [1.807, 2.05) is 25.1 Å². The van der Waals surface area contributed by atoms with Gasteiger partial charge < -0.3 is 10.7 Å². The molecule has 4 heteroatoms. The lowest BCUT2D eigenvalue weighted by Gasteiger charge is -2.27. The molecule has 100 valence electrons. The highest BCUT2D eigenvalue weighted by molar-refractivity contribution is 5.46. The molecule has 0 spiro atoms. The molecule has 1 fully saturated rings. The number of nitrogens with zero attached hydrogens (tertiary/aromatic N) is 1. The van der Waals surface area contributed by atoms with Crippen LogP contribution in [-0.2, 0) is 5.54 Å². The minimum atomic E-state index is -0.292. The number of hydrogen-bond donors (Lipinski definition) is 2. The number of benzene rings is 1. The third kappa shape index (κ3) is 1.92. The minimum Gasteiger partial charge on any atom is -0.321 e. The van der Waals surface area contributed by atoms with E-state index < -0.39 is 0 Å². The topological polar surface area (TPSA) is 63.8 Å². The van der Waals surface area contributed by atoms with Gasteiger partial charge in [0.15, 0.2) is 0 Å². The van der Waals surface area contributed by atoms with Gasteiger partial charge in [-0.05, 0) is 31.4 Å². The standard InChI is InChI=1S/C15H19N3O/c1-11-10-17-14(19)18(11)13-7-3-2-6-12(13)15(16)8-4-5-9-15/h2-3,6-7,10H,4-5,8-9,16H2,1H3,(H,17,19). The van der Waals surface area contributed by atoms with E-state index in [0.29, 0.717) is 0 Å². The molecule has 2 aromatic rings. The molecule has 3 rings (SSSR count). The van der Waals surface area contributed by atoms with Gasteiger partial charge in [0.05, 0.1) is 5.69 Å². The number of rotatable bonds is 2. The molecule has 0 bridgehead atoms. The van der Waals surface area contributed by atoms with Crippen LogP contribution in [0.25, 0.3) is 5.69 Å². The molecule has 0 atom stereocenters. The average Bonchev–Trinajstić information content (AvgIpc) is 2.98. The van der Waals surface area contributed by atoms with Crippen LogP contribution in [0.2, 0.25) is 0 Å². The number of aromatic nitrogens is 2. The summed E-state index contributed by atoms with van der Waals surface area (Å²) in [5.74, 6) is 0. The van der Waals surface area contributed by atoms with E-state index in [1.54, 1.807) is 10.8 Å². The van der Waals surface area contributed by atoms with Crippen molar-refractivity contribution in [2.45, 2.75) is 38.1 Å². The molecule has 1 aromatic heterocycles. The predicted molar refractivity (Wildman–Crippen MR) is 75.5 cm³/mol. The second-order valence-corrected chi connectivity index (χ2v) is 5.45. The summed E-state index contributed by atoms with van der Waals surface area (Å²) < 4.78 is 1.71. The molecule has 1 aliphatic rings. The third-order valence-electron chi connectivity index (χ3n) is 4.14. The Balaban J connectivity index is 2.21. The van der Waals surface area contributed by atoms with Crippen LogP contribution in [0, 0.1) is 6.92 Å². The maximum absolute atomic E-state index is 12.0. The van der Waals surface area contributed by atoms with E-state index in [2.05, 4.69) is 11.1 Å². The van der Waals surface area contributed by atoms with Crippen molar-refractivity contribution in [3.8, 4) is 5.69 Å². The first-order chi connectivity index (χ1) is 9.12. The van der Waals surface area contributed by atoms with Gasteiger partial charge in [0.1, 0.15) is 0 Å². The summed E-state index contributed by atoms with van der Waals surface area (Å²) in [5, 5.41) is 0. The lowest BCUT2D eigenvalue weighted by atomic mass is 9.88. The number of H-pyrrole nitrogens is 1. The number of imidazole rings is 1. The first kappa shape index (κ1) is 12.2. The van der Waals surface area contributed by atoms with E-state index in [4.69, 9.17) is 5.73 Å². The normalized spacial score (nSPS) is 17.8. The molecule has 1 saturated carbocycles. The molecule has 1 aliphatic carbocycles. The Morgan fingerprint density at radius 2 is 1.95 bits per heavy atom. The number of nitrogens with two attached hydrogens (primary N) is 1. The molecule has 0 radical (unpaired) electrons. The Bertz CT molecular complexity index is 647. The molecule has 0 unspecified atom stereocenters. The van der Waals surface area contributed by atoms with Crippen LogP contribution in [0.5, 0.6) is 0 Å². The van der Waals surface area contributed by atoms with Crippen molar-refractivity contribution in [2.75, 3.05) is 0 Å². The second kappa shape index (κ2) is 4.38. The summed E-state index contributed by atoms with van der Waals surface area (Å²) in [6.07, 6.45) is 6.03. The minimum absolute atomic E-state index is 0.105. The molecule has 1 aromatic carbocycles. The fourth-order valence-electron chi connectivity index (χ4n) is 3.12. The highest BCUT2D eigenvalue weighted by atomic mass is 16.1. The zero-order valence-corrected chi connectivity index (χ0v) is 11.1. The summed E-state index contributed by atoms with van der Waals surface area (Å²) >= 11 is 0. The quantitative estimate of drug-likeness (QED) is 0.866. The third-order valence-corrected chi connectivity index (χ3v) is 4.14. The summed E-state index contributed by atoms with van der Waals surface area (Å²) in [7, 11) is 0. The van der Waals surface area contributed by atoms with Crippen LogP contribution in [0.15, 0.2) is 35.3 Å². The van der Waals surface area contributed by atoms with E-state index >= 15 is 0 Å². The number of hydrogen-bond acceptors (Lipinski definition) is 2. The molecular weight excluding hydrogens is 238 g/mol.